The van der Waals surface area contributed by atoms with Gasteiger partial charge in [0.1, 0.15) is 0 Å². The predicted molar refractivity (Wildman–Crippen MR) is 237 cm³/mol. The van der Waals surface area contributed by atoms with E-state index in [1.165, 1.54) is 92.1 Å². The molecule has 2 heterocycles. The molecule has 0 saturated heterocycles. The third-order valence-corrected chi connectivity index (χ3v) is 12.8. The van der Waals surface area contributed by atoms with E-state index in [1.54, 1.807) is 0 Å². The van der Waals surface area contributed by atoms with Crippen LogP contribution in [0, 0.1) is 0 Å². The van der Waals surface area contributed by atoms with E-state index in [2.05, 4.69) is 198 Å². The van der Waals surface area contributed by atoms with E-state index in [-0.39, 0.29) is 6.04 Å². The van der Waals surface area contributed by atoms with Crippen LogP contribution in [0.2, 0.25) is 0 Å². The number of anilines is 2. The lowest BCUT2D eigenvalue weighted by atomic mass is 9.94. The van der Waals surface area contributed by atoms with Crippen LogP contribution >= 0.6 is 11.3 Å². The molecule has 55 heavy (non-hydrogen) atoms. The fourth-order valence-electron chi connectivity index (χ4n) is 9.01. The average molecular weight is 723 g/mol. The Labute approximate surface area is 324 Å². The summed E-state index contributed by atoms with van der Waals surface area (Å²) in [5, 5.41) is 7.91. The molecule has 1 atom stereocenters. The van der Waals surface area contributed by atoms with Gasteiger partial charge in [0.25, 0.3) is 0 Å². The van der Waals surface area contributed by atoms with Crippen molar-refractivity contribution in [3.05, 3.63) is 205 Å². The third-order valence-electron chi connectivity index (χ3n) is 11.6. The number of fused-ring (bicyclic) bond motifs is 8. The van der Waals surface area contributed by atoms with Gasteiger partial charge in [-0.05, 0) is 107 Å². The second kappa shape index (κ2) is 13.2. The monoisotopic (exact) mass is 722 g/mol. The van der Waals surface area contributed by atoms with Gasteiger partial charge < -0.3 is 9.47 Å². The molecule has 0 amide bonds. The van der Waals surface area contributed by atoms with Crippen molar-refractivity contribution in [1.82, 2.24) is 4.57 Å². The van der Waals surface area contributed by atoms with Gasteiger partial charge in [0, 0.05) is 53.5 Å². The molecule has 2 aliphatic carbocycles. The Bertz CT molecular complexity index is 3060. The van der Waals surface area contributed by atoms with Gasteiger partial charge in [-0.2, -0.15) is 0 Å². The molecular weight excluding hydrogens is 685 g/mol. The molecule has 7 aromatic carbocycles. The smallest absolute Gasteiger partial charge is 0.0566 e. The molecule has 0 fully saturated rings. The lowest BCUT2D eigenvalue weighted by Gasteiger charge is -2.30. The summed E-state index contributed by atoms with van der Waals surface area (Å²) >= 11 is 1.87. The minimum Gasteiger partial charge on any atom is -0.333 e. The number of para-hydroxylation sites is 1. The topological polar surface area (TPSA) is 8.17 Å². The van der Waals surface area contributed by atoms with Gasteiger partial charge in [0.15, 0.2) is 0 Å². The van der Waals surface area contributed by atoms with Crippen molar-refractivity contribution in [2.45, 2.75) is 25.3 Å². The molecule has 1 unspecified atom stereocenters. The fourth-order valence-corrected chi connectivity index (χ4v) is 10.1. The van der Waals surface area contributed by atoms with E-state index in [4.69, 9.17) is 0 Å². The maximum Gasteiger partial charge on any atom is 0.0566 e. The van der Waals surface area contributed by atoms with Crippen molar-refractivity contribution in [1.29, 1.82) is 0 Å². The normalized spacial score (nSPS) is 15.9. The first-order valence-corrected chi connectivity index (χ1v) is 20.1. The lowest BCUT2D eigenvalue weighted by molar-refractivity contribution is 0.650. The highest BCUT2D eigenvalue weighted by molar-refractivity contribution is 7.25. The minimum absolute atomic E-state index is 0.213. The molecule has 3 heteroatoms. The number of hydrogen-bond acceptors (Lipinski definition) is 2. The molecule has 9 aromatic rings. The Hall–Kier alpha value is -6.42. The molecule has 2 aromatic heterocycles. The summed E-state index contributed by atoms with van der Waals surface area (Å²) in [5.74, 6) is 0. The molecule has 2 aliphatic rings. The van der Waals surface area contributed by atoms with Crippen LogP contribution in [0.5, 0.6) is 0 Å². The standard InChI is InChI=1S/C52H38N2S/c1-2-11-35(12-3-1)36-21-26-40(27-22-36)53(43-30-32-51-47(34-43)45-17-7-9-20-50(45)55-51)41-28-23-37(24-29-41)39-14-10-15-42(33-39)54-48-19-8-6-18-46(48)52-44-16-5-4-13-38(44)25-31-49(52)54/h1-14,16-21,23-26,28-34,42H,15,22,27H2. The molecule has 0 N–H and O–H groups in total. The summed E-state index contributed by atoms with van der Waals surface area (Å²) in [5.41, 5.74) is 11.5. The number of nitrogens with zero attached hydrogens (tertiary/aromatic N) is 2. The zero-order chi connectivity index (χ0) is 36.3. The van der Waals surface area contributed by atoms with Crippen LogP contribution < -0.4 is 4.90 Å². The molecule has 2 nitrogen and oxygen atoms in total. The van der Waals surface area contributed by atoms with Crippen molar-refractivity contribution < 1.29 is 0 Å². The van der Waals surface area contributed by atoms with E-state index < -0.39 is 0 Å². The van der Waals surface area contributed by atoms with Crippen molar-refractivity contribution in [3.8, 4) is 0 Å². The quantitative estimate of drug-likeness (QED) is 0.166. The van der Waals surface area contributed by atoms with Crippen LogP contribution in [-0.4, -0.2) is 4.57 Å². The van der Waals surface area contributed by atoms with Crippen LogP contribution in [0.1, 0.15) is 36.4 Å². The summed E-state index contributed by atoms with van der Waals surface area (Å²) in [4.78, 5) is 2.48. The van der Waals surface area contributed by atoms with Gasteiger partial charge >= 0.3 is 0 Å². The number of rotatable bonds is 6. The molecule has 0 aliphatic heterocycles. The molecule has 0 radical (unpaired) electrons. The summed E-state index contributed by atoms with van der Waals surface area (Å²) in [6.07, 6.45) is 14.7. The third kappa shape index (κ3) is 5.46. The van der Waals surface area contributed by atoms with E-state index >= 15 is 0 Å². The first-order chi connectivity index (χ1) is 27.3. The summed E-state index contributed by atoms with van der Waals surface area (Å²) < 4.78 is 5.22. The molecule has 262 valence electrons. The van der Waals surface area contributed by atoms with E-state index in [1.807, 2.05) is 11.3 Å². The van der Waals surface area contributed by atoms with Gasteiger partial charge in [-0.25, -0.2) is 0 Å². The Balaban J connectivity index is 0.989. The largest absolute Gasteiger partial charge is 0.333 e. The molecule has 11 rings (SSSR count). The minimum atomic E-state index is 0.213. The SMILES string of the molecule is C1=CC(c2ccc(N(C3=CC=C(c4ccccc4)CC3)c3ccc4sc5ccccc5c4c3)cc2)=CC(n2c3ccccc3c3c4ccccc4ccc32)C1. The molecule has 0 saturated carbocycles. The zero-order valence-electron chi connectivity index (χ0n) is 30.4. The lowest BCUT2D eigenvalue weighted by Crippen LogP contribution is -2.18. The number of hydrogen-bond donors (Lipinski definition) is 0. The van der Waals surface area contributed by atoms with Crippen LogP contribution in [0.25, 0.3) is 63.9 Å². The highest BCUT2D eigenvalue weighted by Gasteiger charge is 2.22. The summed E-state index contributed by atoms with van der Waals surface area (Å²) in [6, 6.07) is 58.3. The van der Waals surface area contributed by atoms with Crippen molar-refractivity contribution >= 4 is 86.6 Å². The first-order valence-electron chi connectivity index (χ1n) is 19.3. The van der Waals surface area contributed by atoms with Crippen molar-refractivity contribution in [2.75, 3.05) is 4.90 Å². The van der Waals surface area contributed by atoms with Crippen LogP contribution in [0.15, 0.2) is 194 Å². The van der Waals surface area contributed by atoms with Gasteiger partial charge in [0.2, 0.25) is 0 Å². The van der Waals surface area contributed by atoms with E-state index in [0.29, 0.717) is 0 Å². The Morgan fingerprint density at radius 3 is 2.15 bits per heavy atom. The summed E-state index contributed by atoms with van der Waals surface area (Å²) in [6.45, 7) is 0. The van der Waals surface area contributed by atoms with Gasteiger partial charge in [-0.15, -0.1) is 11.3 Å². The first kappa shape index (κ1) is 32.0. The summed E-state index contributed by atoms with van der Waals surface area (Å²) in [7, 11) is 0. The highest BCUT2D eigenvalue weighted by atomic mass is 32.1. The second-order valence-corrected chi connectivity index (χ2v) is 15.9. The molecule has 0 bridgehead atoms. The number of benzene rings is 7. The van der Waals surface area contributed by atoms with Crippen molar-refractivity contribution in [2.24, 2.45) is 0 Å². The van der Waals surface area contributed by atoms with Crippen molar-refractivity contribution in [3.63, 3.8) is 0 Å². The fraction of sp³-hybridized carbons (Fsp3) is 0.0769. The van der Waals surface area contributed by atoms with E-state index in [0.717, 1.165) is 19.3 Å². The van der Waals surface area contributed by atoms with Gasteiger partial charge in [-0.1, -0.05) is 133 Å². The zero-order valence-corrected chi connectivity index (χ0v) is 31.2. The Morgan fingerprint density at radius 2 is 1.29 bits per heavy atom. The Morgan fingerprint density at radius 1 is 0.545 bits per heavy atom. The molecular formula is C52H38N2S. The predicted octanol–water partition coefficient (Wildman–Crippen LogP) is 14.8. The maximum absolute atomic E-state index is 2.56. The number of thiophene rings is 1. The second-order valence-electron chi connectivity index (χ2n) is 14.8. The van der Waals surface area contributed by atoms with E-state index in [9.17, 15) is 0 Å². The van der Waals surface area contributed by atoms with Gasteiger partial charge in [-0.3, -0.25) is 0 Å². The highest BCUT2D eigenvalue weighted by Crippen LogP contribution is 2.43. The Kier molecular flexibility index (Phi) is 7.67. The van der Waals surface area contributed by atoms with Crippen LogP contribution in [0.4, 0.5) is 11.4 Å². The average Bonchev–Trinajstić information content (AvgIpc) is 3.80. The number of aromatic nitrogens is 1. The maximum atomic E-state index is 2.56. The molecule has 0 spiro atoms. The van der Waals surface area contributed by atoms with Crippen LogP contribution in [-0.2, 0) is 0 Å². The number of allylic oxidation sites excluding steroid dienone is 8. The van der Waals surface area contributed by atoms with Gasteiger partial charge in [0.05, 0.1) is 11.6 Å². The van der Waals surface area contributed by atoms with Crippen LogP contribution in [0.3, 0.4) is 0 Å².